The zero-order valence-electron chi connectivity index (χ0n) is 18.2. The van der Waals surface area contributed by atoms with Crippen LogP contribution in [-0.2, 0) is 17.9 Å². The molecule has 0 saturated heterocycles. The molecule has 0 bridgehead atoms. The van der Waals surface area contributed by atoms with Crippen LogP contribution in [0.2, 0.25) is 19.6 Å². The van der Waals surface area contributed by atoms with E-state index in [9.17, 15) is 0 Å². The maximum Gasteiger partial charge on any atom is 0.212 e. The maximum absolute atomic E-state index is 2.49. The van der Waals surface area contributed by atoms with Gasteiger partial charge in [0, 0.05) is 17.2 Å². The van der Waals surface area contributed by atoms with Crippen LogP contribution in [0.1, 0.15) is 57.2 Å². The van der Waals surface area contributed by atoms with E-state index >= 15 is 0 Å². The maximum atomic E-state index is 2.49. The fraction of sp³-hybridized carbons (Fsp3) is 0.542. The second kappa shape index (κ2) is 6.05. The van der Waals surface area contributed by atoms with Gasteiger partial charge in [-0.15, -0.1) is 0 Å². The van der Waals surface area contributed by atoms with Gasteiger partial charge in [0.15, 0.2) is 6.20 Å². The molecule has 1 aromatic heterocycles. The molecular weight excluding hydrogens is 330 g/mol. The highest BCUT2D eigenvalue weighted by atomic mass is 28.3. The Morgan fingerprint density at radius 3 is 2.04 bits per heavy atom. The molecule has 140 valence electrons. The molecule has 26 heavy (non-hydrogen) atoms. The standard InChI is InChI=1S/C24H36NSi/c1-17-10-11-18(26(7,8)9)14-19(17)22-15-20-21(16-25(22)6)24(4,5)13-12-23(20,2)3/h10-11,14-16H,12-13H2,1-9H3/q+1. The van der Waals surface area contributed by atoms with Gasteiger partial charge in [0.25, 0.3) is 0 Å². The molecule has 3 rings (SSSR count). The first-order chi connectivity index (χ1) is 11.8. The lowest BCUT2D eigenvalue weighted by Gasteiger charge is -2.40. The topological polar surface area (TPSA) is 3.88 Å². The minimum absolute atomic E-state index is 0.248. The first-order valence-corrected chi connectivity index (χ1v) is 13.5. The van der Waals surface area contributed by atoms with Crippen LogP contribution in [0.15, 0.2) is 30.5 Å². The molecule has 0 saturated carbocycles. The summed E-state index contributed by atoms with van der Waals surface area (Å²) in [5.74, 6) is 0. The number of aryl methyl sites for hydroxylation is 2. The summed E-state index contributed by atoms with van der Waals surface area (Å²) < 4.78 is 2.36. The van der Waals surface area contributed by atoms with Gasteiger partial charge in [0.1, 0.15) is 7.05 Å². The minimum atomic E-state index is -1.33. The lowest BCUT2D eigenvalue weighted by atomic mass is 9.63. The fourth-order valence-electron chi connectivity index (χ4n) is 4.27. The molecule has 0 N–H and O–H groups in total. The van der Waals surface area contributed by atoms with Crippen LogP contribution in [0.25, 0.3) is 11.3 Å². The van der Waals surface area contributed by atoms with E-state index in [0.29, 0.717) is 0 Å². The van der Waals surface area contributed by atoms with Crippen LogP contribution in [-0.4, -0.2) is 8.07 Å². The predicted octanol–water partition coefficient (Wildman–Crippen LogP) is 5.38. The van der Waals surface area contributed by atoms with Gasteiger partial charge < -0.3 is 0 Å². The SMILES string of the molecule is Cc1ccc([Si](C)(C)C)cc1-c1cc2c(c[n+]1C)C(C)(C)CCC2(C)C. The Balaban J connectivity index is 2.26. The van der Waals surface area contributed by atoms with Gasteiger partial charge in [-0.25, -0.2) is 4.57 Å². The normalized spacial score (nSPS) is 18.5. The number of aromatic nitrogens is 1. The summed E-state index contributed by atoms with van der Waals surface area (Å²) in [5, 5.41) is 1.54. The summed E-state index contributed by atoms with van der Waals surface area (Å²) >= 11 is 0. The Kier molecular flexibility index (Phi) is 4.51. The van der Waals surface area contributed by atoms with Crippen LogP contribution in [0, 0.1) is 6.92 Å². The quantitative estimate of drug-likeness (QED) is 0.496. The number of hydrogen-bond acceptors (Lipinski definition) is 0. The Bertz CT molecular complexity index is 853. The molecule has 2 heteroatoms. The average molecular weight is 367 g/mol. The number of rotatable bonds is 2. The summed E-state index contributed by atoms with van der Waals surface area (Å²) in [5.41, 5.74) is 7.70. The van der Waals surface area contributed by atoms with E-state index in [4.69, 9.17) is 0 Å². The molecule has 0 spiro atoms. The first kappa shape index (κ1) is 19.4. The first-order valence-electron chi connectivity index (χ1n) is 9.99. The van der Waals surface area contributed by atoms with Crippen molar-refractivity contribution in [1.29, 1.82) is 0 Å². The summed E-state index contributed by atoms with van der Waals surface area (Å²) in [6.07, 6.45) is 4.93. The lowest BCUT2D eigenvalue weighted by Crippen LogP contribution is -2.41. The summed E-state index contributed by atoms with van der Waals surface area (Å²) in [6, 6.07) is 9.62. The van der Waals surface area contributed by atoms with Crippen molar-refractivity contribution in [2.24, 2.45) is 7.05 Å². The van der Waals surface area contributed by atoms with Crippen LogP contribution < -0.4 is 9.75 Å². The van der Waals surface area contributed by atoms with Crippen LogP contribution in [0.5, 0.6) is 0 Å². The smallest absolute Gasteiger partial charge is 0.201 e. The third kappa shape index (κ3) is 3.29. The molecule has 1 heterocycles. The lowest BCUT2D eigenvalue weighted by molar-refractivity contribution is -0.661. The molecule has 0 amide bonds. The van der Waals surface area contributed by atoms with Crippen molar-refractivity contribution >= 4 is 13.3 Å². The van der Waals surface area contributed by atoms with E-state index in [-0.39, 0.29) is 10.8 Å². The van der Waals surface area contributed by atoms with Gasteiger partial charge in [-0.1, -0.05) is 64.7 Å². The monoisotopic (exact) mass is 366 g/mol. The predicted molar refractivity (Wildman–Crippen MR) is 116 cm³/mol. The van der Waals surface area contributed by atoms with Gasteiger partial charge in [0.2, 0.25) is 5.69 Å². The van der Waals surface area contributed by atoms with Crippen molar-refractivity contribution < 1.29 is 4.57 Å². The molecule has 1 aliphatic rings. The van der Waals surface area contributed by atoms with Crippen molar-refractivity contribution in [3.63, 3.8) is 0 Å². The highest BCUT2D eigenvalue weighted by Gasteiger charge is 2.39. The summed E-state index contributed by atoms with van der Waals surface area (Å²) in [7, 11) is 0.889. The van der Waals surface area contributed by atoms with Crippen molar-refractivity contribution in [3.05, 3.63) is 47.2 Å². The fourth-order valence-corrected chi connectivity index (χ4v) is 5.44. The molecule has 0 unspecified atom stereocenters. The molecule has 1 aliphatic carbocycles. The van der Waals surface area contributed by atoms with Crippen molar-refractivity contribution in [3.8, 4) is 11.3 Å². The van der Waals surface area contributed by atoms with E-state index in [1.54, 1.807) is 5.56 Å². The molecular formula is C24H36NSi+. The minimum Gasteiger partial charge on any atom is -0.201 e. The molecule has 0 radical (unpaired) electrons. The van der Waals surface area contributed by atoms with Gasteiger partial charge in [-0.05, 0) is 47.8 Å². The second-order valence-electron chi connectivity index (χ2n) is 10.6. The van der Waals surface area contributed by atoms with Crippen LogP contribution in [0.4, 0.5) is 0 Å². The molecule has 1 aromatic carbocycles. The molecule has 2 aromatic rings. The van der Waals surface area contributed by atoms with E-state index in [2.05, 4.69) is 96.3 Å². The van der Waals surface area contributed by atoms with Gasteiger partial charge in [-0.3, -0.25) is 0 Å². The number of pyridine rings is 1. The van der Waals surface area contributed by atoms with Crippen molar-refractivity contribution in [2.45, 2.75) is 77.9 Å². The summed E-state index contributed by atoms with van der Waals surface area (Å²) in [6.45, 7) is 19.2. The number of benzene rings is 1. The van der Waals surface area contributed by atoms with Crippen molar-refractivity contribution in [2.75, 3.05) is 0 Å². The van der Waals surface area contributed by atoms with Crippen LogP contribution in [0.3, 0.4) is 0 Å². The Morgan fingerprint density at radius 2 is 1.46 bits per heavy atom. The van der Waals surface area contributed by atoms with E-state index in [1.807, 2.05) is 0 Å². The zero-order valence-corrected chi connectivity index (χ0v) is 19.2. The second-order valence-corrected chi connectivity index (χ2v) is 15.7. The average Bonchev–Trinajstić information content (AvgIpc) is 2.51. The molecule has 0 atom stereocenters. The Hall–Kier alpha value is -1.41. The zero-order chi connectivity index (χ0) is 19.5. The van der Waals surface area contributed by atoms with E-state index in [1.165, 1.54) is 40.4 Å². The molecule has 0 aliphatic heterocycles. The van der Waals surface area contributed by atoms with Crippen molar-refractivity contribution in [1.82, 2.24) is 0 Å². The van der Waals surface area contributed by atoms with E-state index in [0.717, 1.165) is 0 Å². The molecule has 1 nitrogen and oxygen atoms in total. The van der Waals surface area contributed by atoms with Gasteiger partial charge in [-0.2, -0.15) is 0 Å². The Labute approximate surface area is 161 Å². The third-order valence-electron chi connectivity index (χ3n) is 6.49. The largest absolute Gasteiger partial charge is 0.212 e. The highest BCUT2D eigenvalue weighted by molar-refractivity contribution is 6.88. The van der Waals surface area contributed by atoms with Gasteiger partial charge >= 0.3 is 0 Å². The summed E-state index contributed by atoms with van der Waals surface area (Å²) in [4.78, 5) is 0. The van der Waals surface area contributed by atoms with Gasteiger partial charge in [0.05, 0.1) is 8.07 Å². The number of hydrogen-bond donors (Lipinski definition) is 0. The third-order valence-corrected chi connectivity index (χ3v) is 8.53. The number of fused-ring (bicyclic) bond motifs is 1. The van der Waals surface area contributed by atoms with Crippen LogP contribution >= 0.6 is 0 Å². The number of nitrogens with zero attached hydrogens (tertiary/aromatic N) is 1. The van der Waals surface area contributed by atoms with E-state index < -0.39 is 8.07 Å². The molecule has 0 fully saturated rings. The highest BCUT2D eigenvalue weighted by Crippen LogP contribution is 2.46. The Morgan fingerprint density at radius 1 is 0.885 bits per heavy atom.